The third-order valence-electron chi connectivity index (χ3n) is 5.59. The van der Waals surface area contributed by atoms with Crippen molar-refractivity contribution >= 4 is 28.2 Å². The second kappa shape index (κ2) is 16.3. The number of nitrogens with one attached hydrogen (secondary N) is 3. The summed E-state index contributed by atoms with van der Waals surface area (Å²) >= 11 is 0. The van der Waals surface area contributed by atoms with Gasteiger partial charge in [-0.15, -0.1) is 0 Å². The maximum atomic E-state index is 12.9. The number of anilines is 2. The molecule has 5 heteroatoms. The summed E-state index contributed by atoms with van der Waals surface area (Å²) in [5.74, 6) is -0.160. The van der Waals surface area contributed by atoms with E-state index < -0.39 is 0 Å². The second-order valence-electron chi connectivity index (χ2n) is 8.39. The van der Waals surface area contributed by atoms with Crippen LogP contribution in [-0.4, -0.2) is 10.9 Å². The van der Waals surface area contributed by atoms with Gasteiger partial charge in [0.05, 0.1) is 5.52 Å². The average Bonchev–Trinajstić information content (AvgIpc) is 2.96. The Morgan fingerprint density at radius 1 is 0.949 bits per heavy atom. The van der Waals surface area contributed by atoms with E-state index in [1.54, 1.807) is 18.3 Å². The number of hydrogen-bond donors (Lipinski definition) is 3. The van der Waals surface area contributed by atoms with E-state index in [0.29, 0.717) is 12.0 Å². The Bertz CT molecular complexity index is 1390. The molecule has 0 aliphatic rings. The number of amides is 1. The van der Waals surface area contributed by atoms with Crippen LogP contribution in [0.2, 0.25) is 0 Å². The molecule has 2 aromatic carbocycles. The van der Waals surface area contributed by atoms with Crippen LogP contribution in [0.3, 0.4) is 0 Å². The quantitative estimate of drug-likeness (QED) is 0.221. The minimum atomic E-state index is -0.160. The van der Waals surface area contributed by atoms with Gasteiger partial charge in [0.25, 0.3) is 5.91 Å². The molecule has 0 spiro atoms. The van der Waals surface area contributed by atoms with Gasteiger partial charge in [-0.25, -0.2) is 0 Å². The first kappa shape index (κ1) is 30.6. The van der Waals surface area contributed by atoms with Crippen LogP contribution in [0.1, 0.15) is 50.0 Å². The van der Waals surface area contributed by atoms with Crippen LogP contribution in [0.4, 0.5) is 11.4 Å². The van der Waals surface area contributed by atoms with Gasteiger partial charge in [-0.2, -0.15) is 0 Å². The molecule has 3 rings (SSSR count). The van der Waals surface area contributed by atoms with Gasteiger partial charge in [-0.3, -0.25) is 9.78 Å². The summed E-state index contributed by atoms with van der Waals surface area (Å²) in [4.78, 5) is 17.3. The zero-order chi connectivity index (χ0) is 28.6. The van der Waals surface area contributed by atoms with Gasteiger partial charge in [0.1, 0.15) is 0 Å². The van der Waals surface area contributed by atoms with E-state index >= 15 is 0 Å². The lowest BCUT2D eigenvalue weighted by molar-refractivity contribution is 0.0965. The molecule has 1 amide bonds. The van der Waals surface area contributed by atoms with Crippen LogP contribution in [0.15, 0.2) is 128 Å². The molecule has 0 saturated heterocycles. The summed E-state index contributed by atoms with van der Waals surface area (Å²) in [6, 6.07) is 15.6. The van der Waals surface area contributed by atoms with Crippen LogP contribution in [0.25, 0.3) is 10.9 Å². The standard InChI is InChI=1S/C32H34N4O.C2H6/c1-6-10-27(11-7-2)34-25(8-3)17-18-26(9-4)36-32(37)24-13-15-28(16-14-24)35-31-20-21-33-30-19-12-23(5)22-29(30)31;1-2/h6-8,10-22,34H,1,3,9H2,2,4-5H3,(H,33,35)(H,36,37);1-2H3/b11-7-,25-17+,26-18+,27-10+;. The van der Waals surface area contributed by atoms with Crippen LogP contribution < -0.4 is 16.0 Å². The third-order valence-corrected chi connectivity index (χ3v) is 5.59. The Labute approximate surface area is 233 Å². The molecule has 5 nitrogen and oxygen atoms in total. The zero-order valence-electron chi connectivity index (χ0n) is 23.7. The average molecular weight is 521 g/mol. The van der Waals surface area contributed by atoms with Crippen molar-refractivity contribution in [3.63, 3.8) is 0 Å². The van der Waals surface area contributed by atoms with Crippen molar-refractivity contribution in [2.75, 3.05) is 5.32 Å². The highest BCUT2D eigenvalue weighted by Crippen LogP contribution is 2.26. The van der Waals surface area contributed by atoms with E-state index in [2.05, 4.69) is 53.1 Å². The van der Waals surface area contributed by atoms with Gasteiger partial charge in [0.15, 0.2) is 0 Å². The second-order valence-corrected chi connectivity index (χ2v) is 8.39. The van der Waals surface area contributed by atoms with Crippen LogP contribution >= 0.6 is 0 Å². The fourth-order valence-corrected chi connectivity index (χ4v) is 3.66. The van der Waals surface area contributed by atoms with Crippen LogP contribution in [0, 0.1) is 6.92 Å². The maximum Gasteiger partial charge on any atom is 0.255 e. The Kier molecular flexibility index (Phi) is 12.7. The number of fused-ring (bicyclic) bond motifs is 1. The molecule has 1 heterocycles. The lowest BCUT2D eigenvalue weighted by atomic mass is 10.1. The summed E-state index contributed by atoms with van der Waals surface area (Å²) in [5, 5.41) is 10.8. The molecule has 0 radical (unpaired) electrons. The molecular formula is C34H40N4O. The molecule has 39 heavy (non-hydrogen) atoms. The summed E-state index contributed by atoms with van der Waals surface area (Å²) in [5.41, 5.74) is 7.05. The Hall–Kier alpha value is -4.64. The molecule has 0 saturated carbocycles. The van der Waals surface area contributed by atoms with Gasteiger partial charge in [-0.1, -0.05) is 57.7 Å². The van der Waals surface area contributed by atoms with E-state index in [0.717, 1.165) is 39.4 Å². The van der Waals surface area contributed by atoms with Gasteiger partial charge < -0.3 is 16.0 Å². The summed E-state index contributed by atoms with van der Waals surface area (Å²) in [6.45, 7) is 17.6. The first-order valence-corrected chi connectivity index (χ1v) is 13.3. The molecule has 202 valence electrons. The van der Waals surface area contributed by atoms with E-state index in [4.69, 9.17) is 0 Å². The fraction of sp³-hybridized carbons (Fsp3) is 0.176. The number of hydrogen-bond acceptors (Lipinski definition) is 4. The number of aryl methyl sites for hydroxylation is 1. The predicted molar refractivity (Wildman–Crippen MR) is 168 cm³/mol. The predicted octanol–water partition coefficient (Wildman–Crippen LogP) is 8.64. The van der Waals surface area contributed by atoms with Crippen molar-refractivity contribution in [2.24, 2.45) is 0 Å². The Balaban J connectivity index is 0.00000260. The normalized spacial score (nSPS) is 12.0. The molecule has 0 atom stereocenters. The van der Waals surface area contributed by atoms with E-state index in [1.807, 2.05) is 94.5 Å². The number of pyridine rings is 1. The van der Waals surface area contributed by atoms with Gasteiger partial charge in [-0.05, 0) is 93.1 Å². The molecule has 0 bridgehead atoms. The molecule has 1 aromatic heterocycles. The number of nitrogens with zero attached hydrogens (tertiary/aromatic N) is 1. The van der Waals surface area contributed by atoms with Crippen molar-refractivity contribution in [1.82, 2.24) is 15.6 Å². The largest absolute Gasteiger partial charge is 0.356 e. The smallest absolute Gasteiger partial charge is 0.255 e. The van der Waals surface area contributed by atoms with Crippen molar-refractivity contribution in [2.45, 2.75) is 41.0 Å². The summed E-state index contributed by atoms with van der Waals surface area (Å²) in [6.07, 6.45) is 15.4. The topological polar surface area (TPSA) is 66.0 Å². The highest BCUT2D eigenvalue weighted by atomic mass is 16.1. The number of rotatable bonds is 11. The van der Waals surface area contributed by atoms with Gasteiger partial charge >= 0.3 is 0 Å². The van der Waals surface area contributed by atoms with E-state index in [1.165, 1.54) is 5.56 Å². The molecule has 0 fully saturated rings. The lowest BCUT2D eigenvalue weighted by Crippen LogP contribution is -2.22. The van der Waals surface area contributed by atoms with Crippen molar-refractivity contribution in [1.29, 1.82) is 0 Å². The minimum Gasteiger partial charge on any atom is -0.356 e. The van der Waals surface area contributed by atoms with Crippen molar-refractivity contribution in [3.8, 4) is 0 Å². The first-order chi connectivity index (χ1) is 19.0. The monoisotopic (exact) mass is 520 g/mol. The zero-order valence-corrected chi connectivity index (χ0v) is 23.7. The molecule has 0 aliphatic heterocycles. The number of allylic oxidation sites excluding steroid dienone is 8. The molecule has 0 unspecified atom stereocenters. The summed E-state index contributed by atoms with van der Waals surface area (Å²) < 4.78 is 0. The van der Waals surface area contributed by atoms with Gasteiger partial charge in [0.2, 0.25) is 0 Å². The third kappa shape index (κ3) is 9.31. The van der Waals surface area contributed by atoms with Crippen molar-refractivity contribution in [3.05, 3.63) is 139 Å². The van der Waals surface area contributed by atoms with E-state index in [9.17, 15) is 4.79 Å². The van der Waals surface area contributed by atoms with Gasteiger partial charge in [0, 0.05) is 45.6 Å². The lowest BCUT2D eigenvalue weighted by Gasteiger charge is -2.12. The number of carbonyl (C=O) groups excluding carboxylic acids is 1. The van der Waals surface area contributed by atoms with Crippen LogP contribution in [-0.2, 0) is 0 Å². The number of carbonyl (C=O) groups is 1. The maximum absolute atomic E-state index is 12.9. The molecule has 0 aliphatic carbocycles. The minimum absolute atomic E-state index is 0.160. The molecule has 3 aromatic rings. The SMILES string of the molecule is C=C/C=C(\C=C/C)N/C(C=C)=C/C=C(\CC)NC(=O)c1ccc(Nc2ccnc3ccc(C)cc23)cc1.CC. The Morgan fingerprint density at radius 2 is 1.69 bits per heavy atom. The number of benzene rings is 2. The number of aromatic nitrogens is 1. The fourth-order valence-electron chi connectivity index (χ4n) is 3.66. The van der Waals surface area contributed by atoms with Crippen molar-refractivity contribution < 1.29 is 4.79 Å². The highest BCUT2D eigenvalue weighted by Gasteiger charge is 2.08. The van der Waals surface area contributed by atoms with E-state index in [-0.39, 0.29) is 5.91 Å². The molecule has 3 N–H and O–H groups in total. The van der Waals surface area contributed by atoms with Crippen LogP contribution in [0.5, 0.6) is 0 Å². The summed E-state index contributed by atoms with van der Waals surface area (Å²) in [7, 11) is 0. The molecular weight excluding hydrogens is 480 g/mol. The highest BCUT2D eigenvalue weighted by molar-refractivity contribution is 5.96. The first-order valence-electron chi connectivity index (χ1n) is 13.3. The Morgan fingerprint density at radius 3 is 2.33 bits per heavy atom.